The Balaban J connectivity index is 1.22. The molecular formula is C36H18O2S4. The average molecular weight is 611 g/mol. The van der Waals surface area contributed by atoms with Gasteiger partial charge in [0.2, 0.25) is 0 Å². The molecule has 0 aliphatic carbocycles. The lowest BCUT2D eigenvalue weighted by molar-refractivity contribution is 0.646. The predicted molar refractivity (Wildman–Crippen MR) is 182 cm³/mol. The van der Waals surface area contributed by atoms with Crippen LogP contribution in [0.25, 0.3) is 95.4 Å². The van der Waals surface area contributed by atoms with Gasteiger partial charge in [-0.05, 0) is 118 Å². The topological polar surface area (TPSA) is 26.3 Å². The quantitative estimate of drug-likeness (QED) is 0.146. The number of hydrogen-bond acceptors (Lipinski definition) is 6. The van der Waals surface area contributed by atoms with Gasteiger partial charge in [0.25, 0.3) is 0 Å². The second-order valence-electron chi connectivity index (χ2n) is 10.4. The summed E-state index contributed by atoms with van der Waals surface area (Å²) in [4.78, 5) is 7.72. The van der Waals surface area contributed by atoms with Crippen LogP contribution in [0, 0.1) is 0 Å². The highest BCUT2D eigenvalue weighted by Crippen LogP contribution is 2.52. The van der Waals surface area contributed by atoms with Crippen molar-refractivity contribution in [3.63, 3.8) is 0 Å². The molecule has 8 aromatic rings. The van der Waals surface area contributed by atoms with E-state index in [4.69, 9.17) is 8.83 Å². The van der Waals surface area contributed by atoms with Crippen molar-refractivity contribution in [3.05, 3.63) is 108 Å². The minimum Gasteiger partial charge on any atom is -0.456 e. The van der Waals surface area contributed by atoms with Gasteiger partial charge in [0.15, 0.2) is 0 Å². The fraction of sp³-hybridized carbons (Fsp3) is 0. The molecule has 2 aliphatic rings. The first-order valence-electron chi connectivity index (χ1n) is 13.6. The Bertz CT molecular complexity index is 2340. The van der Waals surface area contributed by atoms with Gasteiger partial charge in [0.05, 0.1) is 0 Å². The van der Waals surface area contributed by atoms with Crippen LogP contribution in [-0.2, 0) is 0 Å². The summed E-state index contributed by atoms with van der Waals surface area (Å²) in [5.74, 6) is 0. The molecule has 2 aliphatic heterocycles. The first-order valence-corrected chi connectivity index (χ1v) is 17.0. The molecule has 198 valence electrons. The summed E-state index contributed by atoms with van der Waals surface area (Å²) in [5.41, 5.74) is 8.27. The Labute approximate surface area is 256 Å². The first kappa shape index (κ1) is 23.4. The Morgan fingerprint density at radius 3 is 1.29 bits per heavy atom. The van der Waals surface area contributed by atoms with Gasteiger partial charge in [-0.15, -0.1) is 45.3 Å². The van der Waals surface area contributed by atoms with Gasteiger partial charge < -0.3 is 8.83 Å². The number of benzene rings is 4. The number of thiophene rings is 4. The molecule has 0 amide bonds. The first-order chi connectivity index (χ1) is 20.8. The molecule has 0 atom stereocenters. The lowest BCUT2D eigenvalue weighted by Crippen LogP contribution is -1.95. The van der Waals surface area contributed by atoms with E-state index in [0.29, 0.717) is 0 Å². The average Bonchev–Trinajstić information content (AvgIpc) is 3.85. The van der Waals surface area contributed by atoms with Crippen molar-refractivity contribution in [1.82, 2.24) is 0 Å². The molecule has 0 radical (unpaired) electrons. The molecule has 2 nitrogen and oxygen atoms in total. The van der Waals surface area contributed by atoms with Gasteiger partial charge >= 0.3 is 0 Å². The van der Waals surface area contributed by atoms with Crippen molar-refractivity contribution in [2.75, 3.05) is 0 Å². The molecule has 42 heavy (non-hydrogen) atoms. The minimum atomic E-state index is 0.884. The second-order valence-corrected chi connectivity index (χ2v) is 14.5. The summed E-state index contributed by atoms with van der Waals surface area (Å²) in [5, 5.41) is 8.91. The van der Waals surface area contributed by atoms with Crippen LogP contribution < -0.4 is 0 Å². The van der Waals surface area contributed by atoms with Crippen molar-refractivity contribution in [2.24, 2.45) is 0 Å². The summed E-state index contributed by atoms with van der Waals surface area (Å²) in [6.07, 6.45) is 0. The monoisotopic (exact) mass is 610 g/mol. The van der Waals surface area contributed by atoms with Crippen LogP contribution >= 0.6 is 45.3 Å². The molecule has 10 rings (SSSR count). The second kappa shape index (κ2) is 8.66. The summed E-state index contributed by atoms with van der Waals surface area (Å²) < 4.78 is 13.3. The molecule has 6 heteroatoms. The molecule has 4 aromatic heterocycles. The maximum atomic E-state index is 6.65. The van der Waals surface area contributed by atoms with Gasteiger partial charge in [-0.2, -0.15) is 0 Å². The van der Waals surface area contributed by atoms with E-state index in [0.717, 1.165) is 44.2 Å². The Kier molecular flexibility index (Phi) is 4.82. The Morgan fingerprint density at radius 2 is 0.833 bits per heavy atom. The Morgan fingerprint density at radius 1 is 0.381 bits per heavy atom. The van der Waals surface area contributed by atoms with Crippen molar-refractivity contribution >= 4 is 89.2 Å². The molecule has 0 bridgehead atoms. The van der Waals surface area contributed by atoms with E-state index in [1.54, 1.807) is 22.7 Å². The van der Waals surface area contributed by atoms with Gasteiger partial charge in [0, 0.05) is 51.2 Å². The Hall–Kier alpha value is -4.20. The van der Waals surface area contributed by atoms with Crippen molar-refractivity contribution in [1.29, 1.82) is 0 Å². The predicted octanol–water partition coefficient (Wildman–Crippen LogP) is 12.9. The summed E-state index contributed by atoms with van der Waals surface area (Å²) >= 11 is 7.25. The highest BCUT2D eigenvalue weighted by molar-refractivity contribution is 7.23. The van der Waals surface area contributed by atoms with E-state index in [2.05, 4.69) is 108 Å². The van der Waals surface area contributed by atoms with Gasteiger partial charge in [-0.1, -0.05) is 12.1 Å². The molecule has 0 fully saturated rings. The van der Waals surface area contributed by atoms with Crippen LogP contribution in [0.3, 0.4) is 0 Å². The zero-order valence-electron chi connectivity index (χ0n) is 21.8. The van der Waals surface area contributed by atoms with Gasteiger partial charge in [0.1, 0.15) is 22.3 Å². The largest absolute Gasteiger partial charge is 0.456 e. The summed E-state index contributed by atoms with van der Waals surface area (Å²) in [6.45, 7) is 0. The maximum absolute atomic E-state index is 6.65. The molecule has 0 saturated heterocycles. The van der Waals surface area contributed by atoms with Crippen LogP contribution in [0.5, 0.6) is 0 Å². The molecule has 6 heterocycles. The van der Waals surface area contributed by atoms with E-state index in [1.165, 1.54) is 51.2 Å². The zero-order chi connectivity index (χ0) is 27.4. The van der Waals surface area contributed by atoms with E-state index in [9.17, 15) is 0 Å². The fourth-order valence-corrected chi connectivity index (χ4v) is 10.1. The molecular weight excluding hydrogens is 593 g/mol. The van der Waals surface area contributed by atoms with Crippen LogP contribution in [0.2, 0.25) is 0 Å². The fourth-order valence-electron chi connectivity index (χ4n) is 6.36. The van der Waals surface area contributed by atoms with Gasteiger partial charge in [-0.3, -0.25) is 0 Å². The third-order valence-corrected chi connectivity index (χ3v) is 12.5. The van der Waals surface area contributed by atoms with Crippen LogP contribution in [0.15, 0.2) is 117 Å². The molecule has 4 aromatic carbocycles. The number of rotatable bonds is 4. The van der Waals surface area contributed by atoms with Crippen molar-refractivity contribution < 1.29 is 8.83 Å². The van der Waals surface area contributed by atoms with E-state index >= 15 is 0 Å². The van der Waals surface area contributed by atoms with E-state index in [1.807, 2.05) is 22.7 Å². The minimum absolute atomic E-state index is 0.884. The van der Waals surface area contributed by atoms with E-state index < -0.39 is 0 Å². The maximum Gasteiger partial charge on any atom is 0.136 e. The van der Waals surface area contributed by atoms with Crippen molar-refractivity contribution in [2.45, 2.75) is 0 Å². The highest BCUT2D eigenvalue weighted by atomic mass is 32.1. The lowest BCUT2D eigenvalue weighted by Gasteiger charge is -2.21. The van der Waals surface area contributed by atoms with Crippen LogP contribution in [0.1, 0.15) is 0 Å². The molecule has 0 spiro atoms. The third-order valence-electron chi connectivity index (χ3n) is 8.17. The zero-order valence-corrected chi connectivity index (χ0v) is 25.1. The summed E-state index contributed by atoms with van der Waals surface area (Å²) in [6, 6.07) is 34.9. The van der Waals surface area contributed by atoms with Gasteiger partial charge in [-0.25, -0.2) is 0 Å². The standard InChI is InChI=1S/C36H18O2S4/c1-3-29(39-17-1)31-15-13-27(41-31)19-5-9-23-33-21(19)7-11-25-35(33)36-26(37-23)12-8-22-20(6-10-24(38-25)34(22)36)28-14-16-32(42-28)30-4-2-18-40-30/h1-18H. The van der Waals surface area contributed by atoms with Crippen molar-refractivity contribution in [3.8, 4) is 51.5 Å². The smallest absolute Gasteiger partial charge is 0.136 e. The number of hydrogen-bond donors (Lipinski definition) is 0. The molecule has 0 unspecified atom stereocenters. The van der Waals surface area contributed by atoms with Crippen LogP contribution in [0.4, 0.5) is 0 Å². The molecule has 0 N–H and O–H groups in total. The third kappa shape index (κ3) is 3.23. The normalized spacial score (nSPS) is 12.3. The van der Waals surface area contributed by atoms with E-state index in [-0.39, 0.29) is 0 Å². The lowest BCUT2D eigenvalue weighted by atomic mass is 9.88. The highest BCUT2D eigenvalue weighted by Gasteiger charge is 2.26. The van der Waals surface area contributed by atoms with Crippen LogP contribution in [-0.4, -0.2) is 0 Å². The molecule has 0 saturated carbocycles. The SMILES string of the molecule is c1csc(-c2ccc(-c3ccc4oc5ccc6c(-c7ccc(-c8cccs8)s7)ccc7oc8ccc3c4c8-c5c76)s2)c1. The summed E-state index contributed by atoms with van der Waals surface area (Å²) in [7, 11) is 0.